The highest BCUT2D eigenvalue weighted by Crippen LogP contribution is 2.29. The lowest BCUT2D eigenvalue weighted by Crippen LogP contribution is -2.16. The second kappa shape index (κ2) is 8.19. The van der Waals surface area contributed by atoms with Crippen LogP contribution in [0.2, 0.25) is 0 Å². The van der Waals surface area contributed by atoms with Crippen LogP contribution in [0.15, 0.2) is 71.6 Å². The van der Waals surface area contributed by atoms with Gasteiger partial charge in [0.15, 0.2) is 11.6 Å². The van der Waals surface area contributed by atoms with Gasteiger partial charge in [-0.25, -0.2) is 22.8 Å². The lowest BCUT2D eigenvalue weighted by atomic mass is 10.2. The average molecular weight is 438 g/mol. The van der Waals surface area contributed by atoms with Crippen molar-refractivity contribution in [2.24, 2.45) is 0 Å². The molecule has 0 unspecified atom stereocenters. The molecule has 1 heterocycles. The predicted molar refractivity (Wildman–Crippen MR) is 118 cm³/mol. The van der Waals surface area contributed by atoms with Gasteiger partial charge in [0.2, 0.25) is 0 Å². The highest BCUT2D eigenvalue weighted by molar-refractivity contribution is 7.92. The van der Waals surface area contributed by atoms with E-state index >= 15 is 0 Å². The largest absolute Gasteiger partial charge is 0.497 e. The molecule has 0 aliphatic carbocycles. The van der Waals surface area contributed by atoms with E-state index in [0.717, 1.165) is 0 Å². The fourth-order valence-corrected chi connectivity index (χ4v) is 3.94. The summed E-state index contributed by atoms with van der Waals surface area (Å²) in [7, 11) is -2.38. The number of aromatic nitrogens is 2. The van der Waals surface area contributed by atoms with E-state index in [1.165, 1.54) is 25.3 Å². The second-order valence-electron chi connectivity index (χ2n) is 6.78. The van der Waals surface area contributed by atoms with Crippen LogP contribution in [0.4, 0.5) is 21.7 Å². The Kier molecular flexibility index (Phi) is 5.43. The molecule has 1 aromatic heterocycles. The Morgan fingerprint density at radius 3 is 2.35 bits per heavy atom. The van der Waals surface area contributed by atoms with E-state index < -0.39 is 15.8 Å². The molecule has 0 amide bonds. The Morgan fingerprint density at radius 1 is 0.903 bits per heavy atom. The monoisotopic (exact) mass is 438 g/mol. The van der Waals surface area contributed by atoms with Gasteiger partial charge in [0, 0.05) is 11.8 Å². The van der Waals surface area contributed by atoms with Crippen LogP contribution in [0.25, 0.3) is 11.0 Å². The van der Waals surface area contributed by atoms with E-state index in [1.807, 2.05) is 0 Å². The van der Waals surface area contributed by atoms with Gasteiger partial charge in [-0.15, -0.1) is 0 Å². The Hall–Kier alpha value is -3.72. The fourth-order valence-electron chi connectivity index (χ4n) is 2.91. The summed E-state index contributed by atoms with van der Waals surface area (Å²) in [4.78, 5) is 9.02. The van der Waals surface area contributed by atoms with Crippen LogP contribution in [0.1, 0.15) is 5.56 Å². The molecule has 0 saturated carbocycles. The zero-order valence-corrected chi connectivity index (χ0v) is 17.6. The van der Waals surface area contributed by atoms with Crippen molar-refractivity contribution in [3.63, 3.8) is 0 Å². The van der Waals surface area contributed by atoms with Gasteiger partial charge >= 0.3 is 0 Å². The minimum Gasteiger partial charge on any atom is -0.497 e. The first-order valence-corrected chi connectivity index (χ1v) is 10.8. The molecule has 3 aromatic carbocycles. The number of hydrogen-bond donors (Lipinski definition) is 2. The summed E-state index contributed by atoms with van der Waals surface area (Å²) in [6.07, 6.45) is 0. The Morgan fingerprint density at radius 2 is 1.65 bits per heavy atom. The summed E-state index contributed by atoms with van der Waals surface area (Å²) in [6, 6.07) is 17.6. The van der Waals surface area contributed by atoms with Crippen LogP contribution in [-0.2, 0) is 10.0 Å². The maximum Gasteiger partial charge on any atom is 0.263 e. The molecule has 4 rings (SSSR count). The molecular formula is C22H19FN4O3S. The Balaban J connectivity index is 1.81. The lowest BCUT2D eigenvalue weighted by Gasteiger charge is -2.14. The number of ether oxygens (including phenoxy) is 1. The Labute approximate surface area is 179 Å². The number of sulfonamides is 1. The highest BCUT2D eigenvalue weighted by atomic mass is 32.2. The molecule has 0 fully saturated rings. The number of halogens is 1. The molecule has 0 radical (unpaired) electrons. The summed E-state index contributed by atoms with van der Waals surface area (Å²) in [5, 5.41) is 2.96. The van der Waals surface area contributed by atoms with E-state index in [2.05, 4.69) is 20.0 Å². The van der Waals surface area contributed by atoms with Gasteiger partial charge in [-0.05, 0) is 48.9 Å². The third kappa shape index (κ3) is 4.41. The molecule has 2 N–H and O–H groups in total. The number of aryl methyl sites for hydroxylation is 1. The number of hydrogen-bond acceptors (Lipinski definition) is 6. The van der Waals surface area contributed by atoms with Crippen LogP contribution in [0.5, 0.6) is 5.75 Å². The van der Waals surface area contributed by atoms with Crippen molar-refractivity contribution in [1.29, 1.82) is 0 Å². The standard InChI is InChI=1S/C22H19FN4O3S/c1-14-8-9-15(12-18(14)23)24-21-22(27-31(28,29)17-6-4-3-5-7-17)25-19-11-10-16(30-2)13-20(19)26-21/h3-13H,1-2H3,(H,24,26)(H,25,27). The van der Waals surface area contributed by atoms with Gasteiger partial charge in [0.05, 0.1) is 23.0 Å². The van der Waals surface area contributed by atoms with Gasteiger partial charge in [-0.2, -0.15) is 0 Å². The number of fused-ring (bicyclic) bond motifs is 1. The van der Waals surface area contributed by atoms with Crippen LogP contribution in [0.3, 0.4) is 0 Å². The molecule has 9 heteroatoms. The quantitative estimate of drug-likeness (QED) is 0.456. The van der Waals surface area contributed by atoms with Crippen molar-refractivity contribution in [2.45, 2.75) is 11.8 Å². The fraction of sp³-hybridized carbons (Fsp3) is 0.0909. The maximum atomic E-state index is 14.0. The van der Waals surface area contributed by atoms with E-state index in [-0.39, 0.29) is 16.5 Å². The summed E-state index contributed by atoms with van der Waals surface area (Å²) in [5.74, 6) is 0.296. The van der Waals surface area contributed by atoms with Crippen LogP contribution >= 0.6 is 0 Å². The van der Waals surface area contributed by atoms with Crippen molar-refractivity contribution >= 4 is 38.4 Å². The average Bonchev–Trinajstić information content (AvgIpc) is 2.77. The summed E-state index contributed by atoms with van der Waals surface area (Å²) in [5.41, 5.74) is 1.84. The molecule has 4 aromatic rings. The zero-order chi connectivity index (χ0) is 22.0. The molecule has 31 heavy (non-hydrogen) atoms. The minimum absolute atomic E-state index is 0.0116. The Bertz CT molecular complexity index is 1360. The molecule has 0 spiro atoms. The topological polar surface area (TPSA) is 93.2 Å². The van der Waals surface area contributed by atoms with Crippen LogP contribution in [-0.4, -0.2) is 25.5 Å². The summed E-state index contributed by atoms with van der Waals surface area (Å²) < 4.78 is 47.4. The lowest BCUT2D eigenvalue weighted by molar-refractivity contribution is 0.415. The maximum absolute atomic E-state index is 14.0. The molecule has 158 valence electrons. The van der Waals surface area contributed by atoms with E-state index in [1.54, 1.807) is 55.5 Å². The highest BCUT2D eigenvalue weighted by Gasteiger charge is 2.19. The van der Waals surface area contributed by atoms with Gasteiger partial charge in [-0.1, -0.05) is 24.3 Å². The number of rotatable bonds is 6. The molecule has 7 nitrogen and oxygen atoms in total. The number of nitrogens with zero attached hydrogens (tertiary/aromatic N) is 2. The SMILES string of the molecule is COc1ccc2nc(NS(=O)(=O)c3ccccc3)c(Nc3ccc(C)c(F)c3)nc2c1. The number of methoxy groups -OCH3 is 1. The first kappa shape index (κ1) is 20.5. The molecule has 0 bridgehead atoms. The van der Waals surface area contributed by atoms with Crippen molar-refractivity contribution in [3.05, 3.63) is 78.1 Å². The van der Waals surface area contributed by atoms with E-state index in [4.69, 9.17) is 4.74 Å². The van der Waals surface area contributed by atoms with Crippen molar-refractivity contribution in [1.82, 2.24) is 9.97 Å². The van der Waals surface area contributed by atoms with Gasteiger partial charge in [0.1, 0.15) is 11.6 Å². The van der Waals surface area contributed by atoms with Crippen molar-refractivity contribution < 1.29 is 17.5 Å². The third-order valence-electron chi connectivity index (χ3n) is 4.59. The normalized spacial score (nSPS) is 11.3. The van der Waals surface area contributed by atoms with Crippen LogP contribution in [0, 0.1) is 12.7 Å². The third-order valence-corrected chi connectivity index (χ3v) is 5.95. The number of benzene rings is 3. The molecule has 0 aliphatic heterocycles. The molecule has 0 saturated heterocycles. The molecular weight excluding hydrogens is 419 g/mol. The second-order valence-corrected chi connectivity index (χ2v) is 8.47. The smallest absolute Gasteiger partial charge is 0.263 e. The molecule has 0 aliphatic rings. The van der Waals surface area contributed by atoms with Gasteiger partial charge in [0.25, 0.3) is 10.0 Å². The van der Waals surface area contributed by atoms with E-state index in [0.29, 0.717) is 28.0 Å². The van der Waals surface area contributed by atoms with Crippen molar-refractivity contribution in [3.8, 4) is 5.75 Å². The van der Waals surface area contributed by atoms with Gasteiger partial charge < -0.3 is 10.1 Å². The number of anilines is 3. The predicted octanol–water partition coefficient (Wildman–Crippen LogP) is 4.63. The van der Waals surface area contributed by atoms with Crippen LogP contribution < -0.4 is 14.8 Å². The molecule has 0 atom stereocenters. The van der Waals surface area contributed by atoms with Crippen molar-refractivity contribution in [2.75, 3.05) is 17.1 Å². The first-order valence-electron chi connectivity index (χ1n) is 9.32. The summed E-state index contributed by atoms with van der Waals surface area (Å²) in [6.45, 7) is 1.65. The minimum atomic E-state index is -3.92. The zero-order valence-electron chi connectivity index (χ0n) is 16.8. The summed E-state index contributed by atoms with van der Waals surface area (Å²) >= 11 is 0. The van der Waals surface area contributed by atoms with E-state index in [9.17, 15) is 12.8 Å². The van der Waals surface area contributed by atoms with Gasteiger partial charge in [-0.3, -0.25) is 4.72 Å². The first-order chi connectivity index (χ1) is 14.9. The number of nitrogens with one attached hydrogen (secondary N) is 2.